The van der Waals surface area contributed by atoms with Crippen molar-refractivity contribution in [3.8, 4) is 17.0 Å². The van der Waals surface area contributed by atoms with Gasteiger partial charge in [0, 0.05) is 37.5 Å². The van der Waals surface area contributed by atoms with Gasteiger partial charge in [0.05, 0.1) is 25.2 Å². The molecule has 172 valence electrons. The maximum Gasteiger partial charge on any atom is 0.433 e. The highest BCUT2D eigenvalue weighted by atomic mass is 19.4. The molecule has 0 radical (unpaired) electrons. The molecule has 0 N–H and O–H groups in total. The number of aryl methyl sites for hydroxylation is 1. The minimum Gasteiger partial charge on any atom is -0.497 e. The van der Waals surface area contributed by atoms with E-state index in [0.717, 1.165) is 23.5 Å². The van der Waals surface area contributed by atoms with E-state index in [4.69, 9.17) is 4.74 Å². The number of hydrogen-bond acceptors (Lipinski definition) is 5. The second kappa shape index (κ2) is 8.23. The number of alkyl halides is 3. The minimum absolute atomic E-state index is 0.0331. The third-order valence-electron chi connectivity index (χ3n) is 5.45. The lowest BCUT2D eigenvalue weighted by atomic mass is 10.1. The molecule has 1 aromatic carbocycles. The molecule has 0 aliphatic carbocycles. The van der Waals surface area contributed by atoms with Crippen molar-refractivity contribution in [2.45, 2.75) is 19.6 Å². The Hall–Kier alpha value is -3.89. The summed E-state index contributed by atoms with van der Waals surface area (Å²) >= 11 is 0. The van der Waals surface area contributed by atoms with Crippen LogP contribution in [-0.2, 0) is 19.8 Å². The number of nitrogens with zero attached hydrogens (tertiary/aromatic N) is 6. The van der Waals surface area contributed by atoms with Crippen molar-refractivity contribution >= 4 is 11.6 Å². The van der Waals surface area contributed by atoms with E-state index in [2.05, 4.69) is 15.2 Å². The zero-order valence-electron chi connectivity index (χ0n) is 18.4. The van der Waals surface area contributed by atoms with E-state index < -0.39 is 17.8 Å². The molecular formula is C22H21F3N6O2. The number of amides is 1. The highest BCUT2D eigenvalue weighted by Crippen LogP contribution is 2.33. The molecule has 0 saturated carbocycles. The van der Waals surface area contributed by atoms with Crippen LogP contribution < -0.4 is 4.74 Å². The fourth-order valence-corrected chi connectivity index (χ4v) is 3.48. The SMILES string of the molecule is COc1cccc(-c2cc(C(F)(F)F)n3ncc(C(=O)N(C)Cc4cnn(C)c4C)c3n2)c1. The van der Waals surface area contributed by atoms with Crippen LogP contribution in [0.1, 0.15) is 27.3 Å². The van der Waals surface area contributed by atoms with E-state index in [9.17, 15) is 18.0 Å². The number of hydrogen-bond donors (Lipinski definition) is 0. The third kappa shape index (κ3) is 4.13. The first-order valence-corrected chi connectivity index (χ1v) is 9.93. The Morgan fingerprint density at radius 3 is 2.58 bits per heavy atom. The fourth-order valence-electron chi connectivity index (χ4n) is 3.48. The summed E-state index contributed by atoms with van der Waals surface area (Å²) < 4.78 is 49.0. The largest absolute Gasteiger partial charge is 0.497 e. The topological polar surface area (TPSA) is 77.5 Å². The molecule has 0 unspecified atom stereocenters. The molecule has 0 saturated heterocycles. The molecule has 3 heterocycles. The summed E-state index contributed by atoms with van der Waals surface area (Å²) in [4.78, 5) is 18.9. The van der Waals surface area contributed by atoms with Crippen molar-refractivity contribution in [1.82, 2.24) is 29.3 Å². The number of carbonyl (C=O) groups is 1. The first kappa shape index (κ1) is 22.3. The van der Waals surface area contributed by atoms with Crippen molar-refractivity contribution in [2.75, 3.05) is 14.2 Å². The Bertz CT molecular complexity index is 1340. The molecule has 33 heavy (non-hydrogen) atoms. The average Bonchev–Trinajstić information content (AvgIpc) is 3.35. The van der Waals surface area contributed by atoms with Crippen LogP contribution in [0.5, 0.6) is 5.75 Å². The summed E-state index contributed by atoms with van der Waals surface area (Å²) in [7, 11) is 4.81. The number of fused-ring (bicyclic) bond motifs is 1. The maximum absolute atomic E-state index is 13.8. The van der Waals surface area contributed by atoms with E-state index in [0.29, 0.717) is 15.8 Å². The number of halogens is 3. The molecule has 0 fully saturated rings. The van der Waals surface area contributed by atoms with Crippen molar-refractivity contribution in [3.63, 3.8) is 0 Å². The van der Waals surface area contributed by atoms with Gasteiger partial charge in [-0.05, 0) is 25.1 Å². The second-order valence-electron chi connectivity index (χ2n) is 7.59. The molecule has 0 aliphatic rings. The molecule has 0 atom stereocenters. The van der Waals surface area contributed by atoms with Crippen molar-refractivity contribution in [1.29, 1.82) is 0 Å². The van der Waals surface area contributed by atoms with Crippen molar-refractivity contribution in [3.05, 3.63) is 65.2 Å². The fraction of sp³-hybridized carbons (Fsp3) is 0.273. The van der Waals surface area contributed by atoms with Gasteiger partial charge < -0.3 is 9.64 Å². The molecule has 4 aromatic rings. The summed E-state index contributed by atoms with van der Waals surface area (Å²) in [6, 6.07) is 7.44. The van der Waals surface area contributed by atoms with Gasteiger partial charge in [-0.15, -0.1) is 0 Å². The standard InChI is InChI=1S/C22H21F3N6O2/c1-13-15(10-26-30(13)3)12-29(2)21(32)17-11-27-31-19(22(23,24)25)9-18(28-20(17)31)14-6-5-7-16(8-14)33-4/h5-11H,12H2,1-4H3. The molecule has 0 aliphatic heterocycles. The van der Waals surface area contributed by atoms with Crippen LogP contribution in [0.3, 0.4) is 0 Å². The molecule has 0 spiro atoms. The first-order chi connectivity index (χ1) is 15.6. The number of methoxy groups -OCH3 is 1. The first-order valence-electron chi connectivity index (χ1n) is 9.93. The van der Waals surface area contributed by atoms with E-state index in [-0.39, 0.29) is 23.4 Å². The van der Waals surface area contributed by atoms with Crippen LogP contribution in [0.25, 0.3) is 16.9 Å². The van der Waals surface area contributed by atoms with Gasteiger partial charge in [-0.3, -0.25) is 9.48 Å². The Morgan fingerprint density at radius 2 is 1.94 bits per heavy atom. The minimum atomic E-state index is -4.71. The second-order valence-corrected chi connectivity index (χ2v) is 7.59. The van der Waals surface area contributed by atoms with Gasteiger partial charge in [0.25, 0.3) is 5.91 Å². The highest BCUT2D eigenvalue weighted by molar-refractivity contribution is 5.99. The summed E-state index contributed by atoms with van der Waals surface area (Å²) in [6.45, 7) is 2.10. The van der Waals surface area contributed by atoms with Gasteiger partial charge in [0.1, 0.15) is 11.3 Å². The number of aromatic nitrogens is 5. The van der Waals surface area contributed by atoms with Gasteiger partial charge in [0.15, 0.2) is 11.3 Å². The number of benzene rings is 1. The molecule has 0 bridgehead atoms. The van der Waals surface area contributed by atoms with Crippen LogP contribution in [0.15, 0.2) is 42.7 Å². The summed E-state index contributed by atoms with van der Waals surface area (Å²) in [5, 5.41) is 7.99. The van der Waals surface area contributed by atoms with Gasteiger partial charge in [0.2, 0.25) is 0 Å². The van der Waals surface area contributed by atoms with E-state index in [1.165, 1.54) is 12.0 Å². The predicted molar refractivity (Wildman–Crippen MR) is 114 cm³/mol. The van der Waals surface area contributed by atoms with Crippen LogP contribution in [-0.4, -0.2) is 49.3 Å². The lowest BCUT2D eigenvalue weighted by Crippen LogP contribution is -2.26. The molecule has 11 heteroatoms. The van der Waals surface area contributed by atoms with Gasteiger partial charge in [-0.2, -0.15) is 23.4 Å². The number of carbonyl (C=O) groups excluding carboxylic acids is 1. The van der Waals surface area contributed by atoms with Crippen molar-refractivity contribution in [2.24, 2.45) is 7.05 Å². The Balaban J connectivity index is 1.81. The third-order valence-corrected chi connectivity index (χ3v) is 5.45. The van der Waals surface area contributed by atoms with Gasteiger partial charge >= 0.3 is 6.18 Å². The van der Waals surface area contributed by atoms with Gasteiger partial charge in [-0.1, -0.05) is 12.1 Å². The molecule has 1 amide bonds. The van der Waals surface area contributed by atoms with E-state index >= 15 is 0 Å². The number of ether oxygens (including phenoxy) is 1. The maximum atomic E-state index is 13.8. The lowest BCUT2D eigenvalue weighted by Gasteiger charge is -2.17. The molecule has 8 nitrogen and oxygen atoms in total. The zero-order chi connectivity index (χ0) is 23.9. The monoisotopic (exact) mass is 458 g/mol. The lowest BCUT2D eigenvalue weighted by molar-refractivity contribution is -0.142. The van der Waals surface area contributed by atoms with Crippen molar-refractivity contribution < 1.29 is 22.7 Å². The summed E-state index contributed by atoms with van der Waals surface area (Å²) in [5.41, 5.74) is 0.931. The van der Waals surface area contributed by atoms with E-state index in [1.807, 2.05) is 6.92 Å². The average molecular weight is 458 g/mol. The Labute approximate surface area is 187 Å². The quantitative estimate of drug-likeness (QED) is 0.455. The van der Waals surface area contributed by atoms with E-state index in [1.54, 1.807) is 49.2 Å². The van der Waals surface area contributed by atoms with Crippen LogP contribution >= 0.6 is 0 Å². The smallest absolute Gasteiger partial charge is 0.433 e. The predicted octanol–water partition coefficient (Wildman–Crippen LogP) is 3.74. The Kier molecular flexibility index (Phi) is 5.56. The number of rotatable bonds is 5. The van der Waals surface area contributed by atoms with Crippen LogP contribution in [0.2, 0.25) is 0 Å². The zero-order valence-corrected chi connectivity index (χ0v) is 18.4. The van der Waals surface area contributed by atoms with Crippen LogP contribution in [0.4, 0.5) is 13.2 Å². The summed E-state index contributed by atoms with van der Waals surface area (Å²) in [5.74, 6) is -0.0317. The van der Waals surface area contributed by atoms with Gasteiger partial charge in [-0.25, -0.2) is 9.50 Å². The normalized spacial score (nSPS) is 11.7. The summed E-state index contributed by atoms with van der Waals surface area (Å²) in [6.07, 6.45) is -1.95. The molecule has 3 aromatic heterocycles. The Morgan fingerprint density at radius 1 is 1.18 bits per heavy atom. The molecular weight excluding hydrogens is 437 g/mol. The molecule has 4 rings (SSSR count). The van der Waals surface area contributed by atoms with Crippen LogP contribution in [0, 0.1) is 6.92 Å². The highest BCUT2D eigenvalue weighted by Gasteiger charge is 2.36.